The molecule has 0 bridgehead atoms. The van der Waals surface area contributed by atoms with Crippen LogP contribution in [0.2, 0.25) is 0 Å². The van der Waals surface area contributed by atoms with Gasteiger partial charge in [0.2, 0.25) is 0 Å². The quantitative estimate of drug-likeness (QED) is 0.137. The first-order valence-corrected chi connectivity index (χ1v) is 12.0. The second kappa shape index (κ2) is 8.71. The standard InChI is InChI=1S/C33H23N2.Ir/c1-21-10-7-11-22(2)32(21)35-20-34-31-29-19-9-18-26(25-17-8-13-23-12-3-4-14-24(23)25)30(29)27-15-5-6-16-28(27)33(31)35;/h3-18,20H,1-2H3;/q-1;. The Balaban J connectivity index is 0.00000240. The zero-order valence-electron chi connectivity index (χ0n) is 20.0. The first-order valence-electron chi connectivity index (χ1n) is 12.0. The van der Waals surface area contributed by atoms with Crippen molar-refractivity contribution in [3.8, 4) is 16.8 Å². The Morgan fingerprint density at radius 1 is 0.667 bits per heavy atom. The van der Waals surface area contributed by atoms with Gasteiger partial charge < -0.3 is 4.57 Å². The number of aromatic nitrogens is 2. The molecule has 36 heavy (non-hydrogen) atoms. The third kappa shape index (κ3) is 3.24. The number of hydrogen-bond acceptors (Lipinski definition) is 1. The van der Waals surface area contributed by atoms with E-state index in [2.05, 4.69) is 115 Å². The van der Waals surface area contributed by atoms with Gasteiger partial charge in [0.15, 0.2) is 0 Å². The maximum absolute atomic E-state index is 4.98. The van der Waals surface area contributed by atoms with E-state index in [1.807, 2.05) is 12.4 Å². The van der Waals surface area contributed by atoms with Crippen LogP contribution in [0.25, 0.3) is 60.2 Å². The molecule has 7 aromatic rings. The minimum Gasteiger partial charge on any atom is -0.307 e. The molecule has 0 saturated heterocycles. The van der Waals surface area contributed by atoms with Crippen LogP contribution in [0.3, 0.4) is 0 Å². The molecule has 1 aromatic heterocycles. The molecule has 1 heterocycles. The third-order valence-electron chi connectivity index (χ3n) is 7.21. The van der Waals surface area contributed by atoms with Crippen LogP contribution in [-0.2, 0) is 20.1 Å². The fourth-order valence-electron chi connectivity index (χ4n) is 5.70. The van der Waals surface area contributed by atoms with Crippen LogP contribution < -0.4 is 0 Å². The van der Waals surface area contributed by atoms with Gasteiger partial charge in [-0.15, -0.1) is 23.6 Å². The Kier molecular flexibility index (Phi) is 5.48. The smallest absolute Gasteiger partial charge is 0.0889 e. The van der Waals surface area contributed by atoms with Gasteiger partial charge in [0.1, 0.15) is 0 Å². The number of aryl methyl sites for hydroxylation is 2. The van der Waals surface area contributed by atoms with Gasteiger partial charge in [0.25, 0.3) is 0 Å². The SMILES string of the molecule is Cc1cccc(C)c1-n1cnc2c3[c-]ccc(-c4cccc5ccccc45)c3c3ccccc3c21.[Ir]. The maximum Gasteiger partial charge on any atom is 0.0889 e. The number of rotatable bonds is 2. The molecule has 3 heteroatoms. The summed E-state index contributed by atoms with van der Waals surface area (Å²) in [4.78, 5) is 4.98. The number of para-hydroxylation sites is 1. The number of benzene rings is 6. The van der Waals surface area contributed by atoms with Gasteiger partial charge in [-0.05, 0) is 46.7 Å². The molecular weight excluding hydrogens is 617 g/mol. The molecule has 0 unspecified atom stereocenters. The van der Waals surface area contributed by atoms with Crippen LogP contribution in [0.15, 0.2) is 103 Å². The van der Waals surface area contributed by atoms with Crippen molar-refractivity contribution < 1.29 is 20.1 Å². The topological polar surface area (TPSA) is 17.8 Å². The summed E-state index contributed by atoms with van der Waals surface area (Å²) in [6.45, 7) is 4.34. The summed E-state index contributed by atoms with van der Waals surface area (Å²) in [7, 11) is 0. The normalized spacial score (nSPS) is 11.4. The maximum atomic E-state index is 4.98. The van der Waals surface area contributed by atoms with E-state index in [0.29, 0.717) is 0 Å². The van der Waals surface area contributed by atoms with E-state index in [1.54, 1.807) is 0 Å². The van der Waals surface area contributed by atoms with Crippen molar-refractivity contribution in [2.75, 3.05) is 0 Å². The van der Waals surface area contributed by atoms with Crippen LogP contribution >= 0.6 is 0 Å². The summed E-state index contributed by atoms with van der Waals surface area (Å²) < 4.78 is 2.26. The Bertz CT molecular complexity index is 1900. The molecular formula is C33H23IrN2-. The monoisotopic (exact) mass is 640 g/mol. The number of hydrogen-bond donors (Lipinski definition) is 0. The van der Waals surface area contributed by atoms with Crippen LogP contribution in [0.5, 0.6) is 0 Å². The molecule has 0 aliphatic rings. The molecule has 0 fully saturated rings. The van der Waals surface area contributed by atoms with E-state index in [0.717, 1.165) is 16.4 Å². The summed E-state index contributed by atoms with van der Waals surface area (Å²) in [5, 5.41) is 7.20. The van der Waals surface area contributed by atoms with Gasteiger partial charge in [-0.25, -0.2) is 0 Å². The van der Waals surface area contributed by atoms with Crippen molar-refractivity contribution in [2.24, 2.45) is 0 Å². The van der Waals surface area contributed by atoms with Gasteiger partial charge in [0, 0.05) is 31.1 Å². The van der Waals surface area contributed by atoms with Gasteiger partial charge >= 0.3 is 0 Å². The second-order valence-corrected chi connectivity index (χ2v) is 9.27. The molecule has 2 nitrogen and oxygen atoms in total. The Labute approximate surface area is 223 Å². The van der Waals surface area contributed by atoms with Gasteiger partial charge in [-0.1, -0.05) is 101 Å². The predicted octanol–water partition coefficient (Wildman–Crippen LogP) is 8.57. The van der Waals surface area contributed by atoms with Crippen molar-refractivity contribution in [3.05, 3.63) is 121 Å². The van der Waals surface area contributed by atoms with Crippen molar-refractivity contribution in [3.63, 3.8) is 0 Å². The Hall–Kier alpha value is -3.78. The molecule has 0 aliphatic heterocycles. The van der Waals surface area contributed by atoms with Crippen LogP contribution in [0, 0.1) is 19.9 Å². The molecule has 0 aliphatic carbocycles. The van der Waals surface area contributed by atoms with Gasteiger partial charge in [-0.3, -0.25) is 4.98 Å². The van der Waals surface area contributed by atoms with Gasteiger partial charge in [0.05, 0.1) is 12.0 Å². The minimum absolute atomic E-state index is 0. The molecule has 1 radical (unpaired) electrons. The minimum atomic E-state index is 0. The summed E-state index contributed by atoms with van der Waals surface area (Å²) in [6, 6.07) is 38.1. The van der Waals surface area contributed by atoms with E-state index >= 15 is 0 Å². The average molecular weight is 640 g/mol. The van der Waals surface area contributed by atoms with Gasteiger partial charge in [-0.2, -0.15) is 0 Å². The van der Waals surface area contributed by atoms with Crippen molar-refractivity contribution in [2.45, 2.75) is 13.8 Å². The first kappa shape index (κ1) is 22.7. The average Bonchev–Trinajstić information content (AvgIpc) is 3.33. The summed E-state index contributed by atoms with van der Waals surface area (Å²) >= 11 is 0. The molecule has 175 valence electrons. The molecule has 0 N–H and O–H groups in total. The molecule has 0 spiro atoms. The number of imidazole rings is 1. The fraction of sp³-hybridized carbons (Fsp3) is 0.0606. The largest absolute Gasteiger partial charge is 0.307 e. The summed E-state index contributed by atoms with van der Waals surface area (Å²) in [5.74, 6) is 0. The number of nitrogens with zero attached hydrogens (tertiary/aromatic N) is 2. The zero-order chi connectivity index (χ0) is 23.5. The first-order chi connectivity index (χ1) is 17.2. The van der Waals surface area contributed by atoms with E-state index in [-0.39, 0.29) is 20.1 Å². The van der Waals surface area contributed by atoms with E-state index in [9.17, 15) is 0 Å². The predicted molar refractivity (Wildman–Crippen MR) is 147 cm³/mol. The van der Waals surface area contributed by atoms with Crippen LogP contribution in [0.4, 0.5) is 0 Å². The van der Waals surface area contributed by atoms with Crippen molar-refractivity contribution in [1.29, 1.82) is 0 Å². The molecule has 6 aromatic carbocycles. The summed E-state index contributed by atoms with van der Waals surface area (Å²) in [6.07, 6.45) is 1.98. The van der Waals surface area contributed by atoms with Crippen LogP contribution in [-0.4, -0.2) is 9.55 Å². The Morgan fingerprint density at radius 2 is 1.33 bits per heavy atom. The zero-order valence-corrected chi connectivity index (χ0v) is 22.4. The second-order valence-electron chi connectivity index (χ2n) is 9.27. The summed E-state index contributed by atoms with van der Waals surface area (Å²) in [5.41, 5.74) is 8.25. The molecule has 7 rings (SSSR count). The van der Waals surface area contributed by atoms with E-state index in [1.165, 1.54) is 54.9 Å². The Morgan fingerprint density at radius 3 is 2.14 bits per heavy atom. The third-order valence-corrected chi connectivity index (χ3v) is 7.21. The van der Waals surface area contributed by atoms with Crippen molar-refractivity contribution >= 4 is 43.4 Å². The fourth-order valence-corrected chi connectivity index (χ4v) is 5.70. The van der Waals surface area contributed by atoms with E-state index < -0.39 is 0 Å². The molecule has 0 atom stereocenters. The molecule has 0 saturated carbocycles. The van der Waals surface area contributed by atoms with Crippen molar-refractivity contribution in [1.82, 2.24) is 9.55 Å². The molecule has 0 amide bonds. The van der Waals surface area contributed by atoms with Crippen LogP contribution in [0.1, 0.15) is 11.1 Å². The van der Waals surface area contributed by atoms with E-state index in [4.69, 9.17) is 4.98 Å². The number of fused-ring (bicyclic) bond motifs is 7.